The van der Waals surface area contributed by atoms with E-state index >= 15 is 0 Å². The van der Waals surface area contributed by atoms with Crippen LogP contribution >= 0.6 is 0 Å². The molecule has 1 unspecified atom stereocenters. The standard InChI is InChI=1S/C25H30N4O4/c1-16(14-26)5-4-12-27-20-6-2-3-7-22(20)33-18-8-9-19-17(13-18)15-29(25(19)32)21-10-11-23(30)28-24(21)31/h8-9,13,20-22,27H,1-7,10-12,15H2,(H,28,30,31)/t20-,21?,22+/m1/s1. The number of carbonyl (C=O) groups excluding carboxylic acids is 3. The largest absolute Gasteiger partial charge is 0.489 e. The van der Waals surface area contributed by atoms with E-state index in [1.54, 1.807) is 11.0 Å². The fraction of sp³-hybridized carbons (Fsp3) is 0.520. The monoisotopic (exact) mass is 450 g/mol. The maximum absolute atomic E-state index is 12.9. The highest BCUT2D eigenvalue weighted by molar-refractivity contribution is 6.05. The number of allylic oxidation sites excluding steroid dienone is 1. The van der Waals surface area contributed by atoms with Crippen molar-refractivity contribution in [2.24, 2.45) is 0 Å². The summed E-state index contributed by atoms with van der Waals surface area (Å²) in [6.45, 7) is 4.88. The minimum absolute atomic E-state index is 0.0410. The van der Waals surface area contributed by atoms with Crippen molar-refractivity contribution in [3.05, 3.63) is 41.5 Å². The van der Waals surface area contributed by atoms with Gasteiger partial charge in [0.25, 0.3) is 5.91 Å². The summed E-state index contributed by atoms with van der Waals surface area (Å²) in [5.41, 5.74) is 2.04. The molecule has 2 aliphatic heterocycles. The zero-order valence-corrected chi connectivity index (χ0v) is 18.8. The van der Waals surface area contributed by atoms with Gasteiger partial charge in [-0.25, -0.2) is 0 Å². The van der Waals surface area contributed by atoms with Gasteiger partial charge < -0.3 is 15.0 Å². The molecule has 3 aliphatic rings. The van der Waals surface area contributed by atoms with E-state index in [9.17, 15) is 14.4 Å². The summed E-state index contributed by atoms with van der Waals surface area (Å²) in [6.07, 6.45) is 6.47. The molecule has 0 aromatic heterocycles. The topological polar surface area (TPSA) is 112 Å². The highest BCUT2D eigenvalue weighted by Gasteiger charge is 2.39. The highest BCUT2D eigenvalue weighted by Crippen LogP contribution is 2.32. The number of hydrogen-bond donors (Lipinski definition) is 2. The van der Waals surface area contributed by atoms with Crippen LogP contribution in [-0.2, 0) is 16.1 Å². The molecule has 1 saturated heterocycles. The molecule has 1 aliphatic carbocycles. The first-order valence-electron chi connectivity index (χ1n) is 11.7. The zero-order chi connectivity index (χ0) is 23.4. The molecule has 1 saturated carbocycles. The molecule has 0 spiro atoms. The van der Waals surface area contributed by atoms with Crippen LogP contribution in [0.2, 0.25) is 0 Å². The van der Waals surface area contributed by atoms with Crippen molar-refractivity contribution in [1.82, 2.24) is 15.5 Å². The van der Waals surface area contributed by atoms with E-state index in [4.69, 9.17) is 10.00 Å². The Kier molecular flexibility index (Phi) is 7.09. The fourth-order valence-electron chi connectivity index (χ4n) is 4.92. The molecule has 4 rings (SSSR count). The minimum Gasteiger partial charge on any atom is -0.489 e. The van der Waals surface area contributed by atoms with E-state index in [2.05, 4.69) is 23.3 Å². The van der Waals surface area contributed by atoms with E-state index in [-0.39, 0.29) is 30.4 Å². The minimum atomic E-state index is -0.615. The molecule has 174 valence electrons. The van der Waals surface area contributed by atoms with Gasteiger partial charge in [0.1, 0.15) is 17.9 Å². The second-order valence-corrected chi connectivity index (χ2v) is 9.04. The number of rotatable bonds is 8. The maximum Gasteiger partial charge on any atom is 0.255 e. The van der Waals surface area contributed by atoms with Crippen LogP contribution in [0, 0.1) is 11.3 Å². The summed E-state index contributed by atoms with van der Waals surface area (Å²) in [5, 5.41) is 14.7. The van der Waals surface area contributed by atoms with Gasteiger partial charge in [0.05, 0.1) is 6.07 Å². The van der Waals surface area contributed by atoms with Gasteiger partial charge >= 0.3 is 0 Å². The molecule has 3 amide bonds. The number of benzene rings is 1. The second kappa shape index (κ2) is 10.2. The second-order valence-electron chi connectivity index (χ2n) is 9.04. The molecule has 8 nitrogen and oxygen atoms in total. The third kappa shape index (κ3) is 5.25. The fourth-order valence-corrected chi connectivity index (χ4v) is 4.92. The predicted octanol–water partition coefficient (Wildman–Crippen LogP) is 2.59. The number of ether oxygens (including phenoxy) is 1. The zero-order valence-electron chi connectivity index (χ0n) is 18.8. The first-order chi connectivity index (χ1) is 16.0. The molecule has 1 aromatic rings. The highest BCUT2D eigenvalue weighted by atomic mass is 16.5. The molecule has 0 bridgehead atoms. The average molecular weight is 451 g/mol. The van der Waals surface area contributed by atoms with Crippen LogP contribution in [0.3, 0.4) is 0 Å². The normalized spacial score (nSPS) is 24.8. The number of nitriles is 1. The lowest BCUT2D eigenvalue weighted by Crippen LogP contribution is -2.52. The van der Waals surface area contributed by atoms with Gasteiger partial charge in [-0.1, -0.05) is 13.0 Å². The SMILES string of the molecule is C=C(C#N)CCCN[C@@H]1CCCC[C@@H]1Oc1ccc2c(c1)CN(C1CCC(=O)NC1=O)C2=O. The first-order valence-corrected chi connectivity index (χ1v) is 11.7. The van der Waals surface area contributed by atoms with Crippen LogP contribution in [0.5, 0.6) is 5.75 Å². The maximum atomic E-state index is 12.9. The Balaban J connectivity index is 1.37. The van der Waals surface area contributed by atoms with Crippen molar-refractivity contribution in [2.45, 2.75) is 76.1 Å². The van der Waals surface area contributed by atoms with E-state index in [1.807, 2.05) is 12.1 Å². The Labute approximate surface area is 194 Å². The van der Waals surface area contributed by atoms with E-state index < -0.39 is 11.9 Å². The summed E-state index contributed by atoms with van der Waals surface area (Å²) in [7, 11) is 0. The summed E-state index contributed by atoms with van der Waals surface area (Å²) in [4.78, 5) is 38.1. The summed E-state index contributed by atoms with van der Waals surface area (Å²) in [6, 6.07) is 7.22. The smallest absolute Gasteiger partial charge is 0.255 e. The van der Waals surface area contributed by atoms with Crippen molar-refractivity contribution in [2.75, 3.05) is 6.54 Å². The van der Waals surface area contributed by atoms with Crippen molar-refractivity contribution in [1.29, 1.82) is 5.26 Å². The molecule has 0 radical (unpaired) electrons. The third-order valence-electron chi connectivity index (χ3n) is 6.70. The Morgan fingerprint density at radius 1 is 1.24 bits per heavy atom. The third-order valence-corrected chi connectivity index (χ3v) is 6.70. The van der Waals surface area contributed by atoms with Gasteiger partial charge in [0.15, 0.2) is 0 Å². The number of piperidine rings is 1. The predicted molar refractivity (Wildman–Crippen MR) is 121 cm³/mol. The molecule has 8 heteroatoms. The van der Waals surface area contributed by atoms with Crippen molar-refractivity contribution in [3.63, 3.8) is 0 Å². The van der Waals surface area contributed by atoms with Gasteiger partial charge in [0, 0.05) is 30.1 Å². The molecular formula is C25H30N4O4. The van der Waals surface area contributed by atoms with Crippen LogP contribution in [0.4, 0.5) is 0 Å². The molecular weight excluding hydrogens is 420 g/mol. The number of hydrogen-bond acceptors (Lipinski definition) is 6. The molecule has 2 N–H and O–H groups in total. The number of nitrogens with zero attached hydrogens (tertiary/aromatic N) is 2. The number of nitrogens with one attached hydrogen (secondary N) is 2. The Morgan fingerprint density at radius 3 is 2.85 bits per heavy atom. The van der Waals surface area contributed by atoms with Crippen LogP contribution in [0.1, 0.15) is 67.3 Å². The van der Waals surface area contributed by atoms with Crippen LogP contribution < -0.4 is 15.4 Å². The van der Waals surface area contributed by atoms with Gasteiger partial charge in [-0.15, -0.1) is 0 Å². The number of carbonyl (C=O) groups is 3. The molecule has 1 aromatic carbocycles. The quantitative estimate of drug-likeness (QED) is 0.358. The lowest BCUT2D eigenvalue weighted by atomic mass is 9.92. The Hall–Kier alpha value is -3.18. The van der Waals surface area contributed by atoms with Gasteiger partial charge in [-0.2, -0.15) is 5.26 Å². The molecule has 2 heterocycles. The van der Waals surface area contributed by atoms with Crippen LogP contribution in [0.25, 0.3) is 0 Å². The Bertz CT molecular complexity index is 999. The van der Waals surface area contributed by atoms with Crippen molar-refractivity contribution in [3.8, 4) is 11.8 Å². The Morgan fingerprint density at radius 2 is 2.06 bits per heavy atom. The molecule has 3 atom stereocenters. The van der Waals surface area contributed by atoms with Gasteiger partial charge in [0.2, 0.25) is 11.8 Å². The van der Waals surface area contributed by atoms with Crippen LogP contribution in [-0.4, -0.2) is 47.4 Å². The van der Waals surface area contributed by atoms with E-state index in [1.165, 1.54) is 0 Å². The molecule has 33 heavy (non-hydrogen) atoms. The lowest BCUT2D eigenvalue weighted by molar-refractivity contribution is -0.136. The molecule has 2 fully saturated rings. The number of amides is 3. The summed E-state index contributed by atoms with van der Waals surface area (Å²) in [5.74, 6) is -0.148. The van der Waals surface area contributed by atoms with Crippen molar-refractivity contribution < 1.29 is 19.1 Å². The van der Waals surface area contributed by atoms with Crippen molar-refractivity contribution >= 4 is 17.7 Å². The number of imide groups is 1. The lowest BCUT2D eigenvalue weighted by Gasteiger charge is -2.32. The van der Waals surface area contributed by atoms with Crippen LogP contribution in [0.15, 0.2) is 30.4 Å². The first kappa shape index (κ1) is 23.0. The van der Waals surface area contributed by atoms with E-state index in [0.717, 1.165) is 50.0 Å². The van der Waals surface area contributed by atoms with Gasteiger partial charge in [-0.05, 0) is 68.8 Å². The average Bonchev–Trinajstić information content (AvgIpc) is 3.13. The summed E-state index contributed by atoms with van der Waals surface area (Å²) < 4.78 is 6.36. The van der Waals surface area contributed by atoms with Gasteiger partial charge in [-0.3, -0.25) is 19.7 Å². The number of fused-ring (bicyclic) bond motifs is 1. The summed E-state index contributed by atoms with van der Waals surface area (Å²) >= 11 is 0. The van der Waals surface area contributed by atoms with E-state index in [0.29, 0.717) is 30.5 Å².